The van der Waals surface area contributed by atoms with Gasteiger partial charge >= 0.3 is 17.9 Å². The topological polar surface area (TPSA) is 145 Å². The van der Waals surface area contributed by atoms with Crippen LogP contribution in [0.4, 0.5) is 5.69 Å². The van der Waals surface area contributed by atoms with E-state index in [0.717, 1.165) is 20.8 Å². The van der Waals surface area contributed by atoms with Crippen LogP contribution in [-0.2, 0) is 33.4 Å². The number of ether oxygens (including phenoxy) is 3. The van der Waals surface area contributed by atoms with Gasteiger partial charge in [0.2, 0.25) is 6.10 Å². The number of hydrogen-bond donors (Lipinski definition) is 1. The van der Waals surface area contributed by atoms with Gasteiger partial charge in [-0.15, -0.1) is 6.58 Å². The quantitative estimate of drug-likeness (QED) is 0.194. The minimum atomic E-state index is -1.74. The van der Waals surface area contributed by atoms with Crippen molar-refractivity contribution in [2.45, 2.75) is 53.8 Å². The Labute approximate surface area is 220 Å². The van der Waals surface area contributed by atoms with Crippen LogP contribution >= 0.6 is 11.6 Å². The molecule has 12 heteroatoms. The van der Waals surface area contributed by atoms with Gasteiger partial charge in [0.15, 0.2) is 6.10 Å². The van der Waals surface area contributed by atoms with Gasteiger partial charge in [-0.05, 0) is 49.1 Å². The molecular formula is C25H31ClN2O9. The molecule has 0 bridgehead atoms. The summed E-state index contributed by atoms with van der Waals surface area (Å²) in [5, 5.41) is 1.71. The van der Waals surface area contributed by atoms with Crippen LogP contribution in [0.15, 0.2) is 12.7 Å². The molecule has 0 saturated carbocycles. The highest BCUT2D eigenvalue weighted by Crippen LogP contribution is 2.33. The molecule has 0 fully saturated rings. The van der Waals surface area contributed by atoms with Crippen molar-refractivity contribution in [1.29, 1.82) is 0 Å². The van der Waals surface area contributed by atoms with Gasteiger partial charge in [0.25, 0.3) is 17.1 Å². The van der Waals surface area contributed by atoms with Gasteiger partial charge in [-0.2, -0.15) is 0 Å². The molecular weight excluding hydrogens is 508 g/mol. The maximum Gasteiger partial charge on any atom is 0.303 e. The number of likely N-dealkylation sites (N-methyl/N-ethyl adjacent to an activating group) is 1. The number of benzene rings is 1. The van der Waals surface area contributed by atoms with Crippen LogP contribution in [0.2, 0.25) is 0 Å². The Morgan fingerprint density at radius 1 is 0.919 bits per heavy atom. The summed E-state index contributed by atoms with van der Waals surface area (Å²) in [4.78, 5) is 74.9. The molecule has 0 aliphatic carbocycles. The lowest BCUT2D eigenvalue weighted by atomic mass is 9.90. The van der Waals surface area contributed by atoms with E-state index >= 15 is 0 Å². The van der Waals surface area contributed by atoms with E-state index in [0.29, 0.717) is 11.1 Å². The zero-order valence-corrected chi connectivity index (χ0v) is 22.6. The molecule has 0 radical (unpaired) electrons. The number of halogens is 1. The minimum Gasteiger partial charge on any atom is -0.462 e. The molecule has 1 N–H and O–H groups in total. The van der Waals surface area contributed by atoms with E-state index in [4.69, 9.17) is 25.8 Å². The second-order valence-corrected chi connectivity index (χ2v) is 8.56. The first-order valence-electron chi connectivity index (χ1n) is 11.1. The van der Waals surface area contributed by atoms with E-state index in [-0.39, 0.29) is 28.9 Å². The molecule has 1 rings (SSSR count). The summed E-state index contributed by atoms with van der Waals surface area (Å²) in [6.45, 7) is 11.1. The van der Waals surface area contributed by atoms with Gasteiger partial charge in [-0.1, -0.05) is 6.08 Å². The molecule has 2 amide bonds. The van der Waals surface area contributed by atoms with Gasteiger partial charge in [0.1, 0.15) is 6.61 Å². The van der Waals surface area contributed by atoms with Crippen LogP contribution < -0.4 is 5.32 Å². The maximum absolute atomic E-state index is 13.4. The predicted octanol–water partition coefficient (Wildman–Crippen LogP) is 2.61. The molecule has 202 valence electrons. The zero-order valence-electron chi connectivity index (χ0n) is 21.9. The summed E-state index contributed by atoms with van der Waals surface area (Å²) in [7, 11) is 1.54. The third-order valence-corrected chi connectivity index (χ3v) is 5.50. The van der Waals surface area contributed by atoms with E-state index in [1.165, 1.54) is 17.9 Å². The number of hydrogen-bond acceptors (Lipinski definition) is 9. The average molecular weight is 539 g/mol. The first-order valence-corrected chi connectivity index (χ1v) is 11.5. The number of anilines is 1. The molecule has 1 aromatic rings. The number of carbonyl (C=O) groups excluding carboxylic acids is 6. The third kappa shape index (κ3) is 8.14. The summed E-state index contributed by atoms with van der Waals surface area (Å²) in [5.41, 5.74) is 1.11. The Bertz CT molecular complexity index is 1130. The van der Waals surface area contributed by atoms with E-state index in [1.807, 2.05) is 0 Å². The predicted molar refractivity (Wildman–Crippen MR) is 134 cm³/mol. The zero-order chi connectivity index (χ0) is 28.6. The van der Waals surface area contributed by atoms with Crippen molar-refractivity contribution in [3.8, 4) is 0 Å². The van der Waals surface area contributed by atoms with Gasteiger partial charge in [0.05, 0.1) is 0 Å². The lowest BCUT2D eigenvalue weighted by molar-refractivity contribution is -0.175. The Hall–Kier alpha value is -3.73. The smallest absolute Gasteiger partial charge is 0.303 e. The number of esters is 3. The Kier molecular flexibility index (Phi) is 11.5. The molecule has 0 spiro atoms. The molecule has 2 unspecified atom stereocenters. The van der Waals surface area contributed by atoms with Crippen molar-refractivity contribution >= 4 is 52.3 Å². The van der Waals surface area contributed by atoms with Gasteiger partial charge < -0.3 is 24.4 Å². The van der Waals surface area contributed by atoms with Gasteiger partial charge in [-0.3, -0.25) is 28.8 Å². The SMILES string of the molecule is C=CCN(C)C(=O)c1c(C)c(NC(=O)C(OC(C)=O)C(COC(C)=O)OC(C)=O)c(C)c(C(=O)Cl)c1C. The van der Waals surface area contributed by atoms with Gasteiger partial charge in [-0.25, -0.2) is 0 Å². The molecule has 37 heavy (non-hydrogen) atoms. The van der Waals surface area contributed by atoms with Crippen LogP contribution in [0.5, 0.6) is 0 Å². The normalized spacial score (nSPS) is 12.0. The fourth-order valence-corrected chi connectivity index (χ4v) is 4.04. The molecule has 0 heterocycles. The van der Waals surface area contributed by atoms with E-state index in [9.17, 15) is 28.8 Å². The van der Waals surface area contributed by atoms with Crippen LogP contribution in [-0.4, -0.2) is 72.3 Å². The second kappa shape index (κ2) is 13.5. The molecule has 0 saturated heterocycles. The summed E-state index contributed by atoms with van der Waals surface area (Å²) < 4.78 is 15.1. The Morgan fingerprint density at radius 3 is 1.92 bits per heavy atom. The summed E-state index contributed by atoms with van der Waals surface area (Å²) >= 11 is 5.83. The number of carbonyl (C=O) groups is 6. The first kappa shape index (κ1) is 31.3. The summed E-state index contributed by atoms with van der Waals surface area (Å²) in [5.74, 6) is -3.83. The van der Waals surface area contributed by atoms with Crippen molar-refractivity contribution in [2.24, 2.45) is 0 Å². The van der Waals surface area contributed by atoms with Crippen LogP contribution in [0, 0.1) is 20.8 Å². The van der Waals surface area contributed by atoms with Crippen LogP contribution in [0.1, 0.15) is 58.2 Å². The first-order chi connectivity index (χ1) is 17.1. The molecule has 11 nitrogen and oxygen atoms in total. The van der Waals surface area contributed by atoms with Crippen molar-refractivity contribution in [2.75, 3.05) is 25.5 Å². The molecule has 0 aliphatic heterocycles. The minimum absolute atomic E-state index is 0.0124. The highest BCUT2D eigenvalue weighted by Gasteiger charge is 2.36. The fourth-order valence-electron chi connectivity index (χ4n) is 3.76. The number of nitrogens with zero attached hydrogens (tertiary/aromatic N) is 1. The molecule has 2 atom stereocenters. The van der Waals surface area contributed by atoms with Crippen LogP contribution in [0.3, 0.4) is 0 Å². The lowest BCUT2D eigenvalue weighted by Crippen LogP contribution is -2.46. The monoisotopic (exact) mass is 538 g/mol. The van der Waals surface area contributed by atoms with Crippen molar-refractivity contribution in [3.63, 3.8) is 0 Å². The van der Waals surface area contributed by atoms with Crippen molar-refractivity contribution < 1.29 is 43.0 Å². The number of amides is 2. The maximum atomic E-state index is 13.4. The largest absolute Gasteiger partial charge is 0.462 e. The van der Waals surface area contributed by atoms with Gasteiger partial charge in [0, 0.05) is 51.2 Å². The van der Waals surface area contributed by atoms with Crippen molar-refractivity contribution in [3.05, 3.63) is 40.5 Å². The Morgan fingerprint density at radius 2 is 1.46 bits per heavy atom. The third-order valence-electron chi connectivity index (χ3n) is 5.32. The van der Waals surface area contributed by atoms with E-state index in [2.05, 4.69) is 11.9 Å². The highest BCUT2D eigenvalue weighted by atomic mass is 35.5. The fraction of sp³-hybridized carbons (Fsp3) is 0.440. The lowest BCUT2D eigenvalue weighted by Gasteiger charge is -2.27. The number of nitrogens with one attached hydrogen (secondary N) is 1. The summed E-state index contributed by atoms with van der Waals surface area (Å²) in [6, 6.07) is 0. The average Bonchev–Trinajstić information content (AvgIpc) is 2.77. The van der Waals surface area contributed by atoms with E-state index < -0.39 is 53.8 Å². The Balaban J connectivity index is 3.69. The summed E-state index contributed by atoms with van der Waals surface area (Å²) in [6.07, 6.45) is -1.70. The molecule has 0 aliphatic rings. The van der Waals surface area contributed by atoms with Crippen LogP contribution in [0.25, 0.3) is 0 Å². The highest BCUT2D eigenvalue weighted by molar-refractivity contribution is 6.68. The molecule has 1 aromatic carbocycles. The number of rotatable bonds is 11. The standard InChI is InChI=1S/C25H31ClN2O9/c1-9-10-28(8)25(34)20-12(2)19(23(26)32)13(3)21(14(20)4)27-24(33)22(37-17(7)31)18(36-16(6)30)11-35-15(5)29/h9,18,22H,1,10-11H2,2-8H3,(H,27,33). The van der Waals surface area contributed by atoms with Crippen molar-refractivity contribution in [1.82, 2.24) is 4.90 Å². The molecule has 0 aromatic heterocycles. The second-order valence-electron chi connectivity index (χ2n) is 8.22. The van der Waals surface area contributed by atoms with E-state index in [1.54, 1.807) is 20.9 Å².